The van der Waals surface area contributed by atoms with Gasteiger partial charge in [-0.3, -0.25) is 14.4 Å². The fraction of sp³-hybridized carbons (Fsp3) is 0.280. The lowest BCUT2D eigenvalue weighted by Gasteiger charge is -2.24. The van der Waals surface area contributed by atoms with Gasteiger partial charge in [-0.25, -0.2) is 0 Å². The molecule has 3 aromatic rings. The molecule has 0 radical (unpaired) electrons. The number of nitriles is 1. The largest absolute Gasteiger partial charge is 0.332 e. The number of hydrogen-bond donors (Lipinski definition) is 1. The van der Waals surface area contributed by atoms with E-state index in [1.807, 2.05) is 54.8 Å². The minimum absolute atomic E-state index is 0.151. The van der Waals surface area contributed by atoms with Crippen LogP contribution in [0.25, 0.3) is 10.1 Å². The molecule has 168 valence electrons. The molecule has 7 nitrogen and oxygen atoms in total. The van der Waals surface area contributed by atoms with Crippen LogP contribution in [0.15, 0.2) is 53.9 Å². The highest BCUT2D eigenvalue weighted by molar-refractivity contribution is 7.17. The number of benzene rings is 2. The fourth-order valence-electron chi connectivity index (χ4n) is 4.05. The van der Waals surface area contributed by atoms with Crippen LogP contribution < -0.4 is 5.32 Å². The van der Waals surface area contributed by atoms with Crippen LogP contribution in [-0.4, -0.2) is 53.7 Å². The van der Waals surface area contributed by atoms with Crippen molar-refractivity contribution in [3.05, 3.63) is 65.0 Å². The highest BCUT2D eigenvalue weighted by Gasteiger charge is 2.39. The van der Waals surface area contributed by atoms with Crippen molar-refractivity contribution in [1.29, 1.82) is 5.26 Å². The van der Waals surface area contributed by atoms with Crippen molar-refractivity contribution in [3.63, 3.8) is 0 Å². The van der Waals surface area contributed by atoms with Crippen molar-refractivity contribution in [3.8, 4) is 6.07 Å². The van der Waals surface area contributed by atoms with Crippen LogP contribution in [0.1, 0.15) is 22.3 Å². The Hall–Kier alpha value is -3.70. The summed E-state index contributed by atoms with van der Waals surface area (Å²) in [5, 5.41) is 15.5. The molecule has 2 unspecified atom stereocenters. The number of amides is 3. The lowest BCUT2D eigenvalue weighted by Crippen LogP contribution is -2.43. The Bertz CT molecular complexity index is 1260. The molecule has 1 aliphatic rings. The highest BCUT2D eigenvalue weighted by atomic mass is 32.1. The standard InChI is InChI=1S/C25H24N4O3S/c1-16-5-3-4-6-21(16)27-24(31)19-11-20(13-26)29(14-19)23(30)15-28(2)25(32)18-8-7-17-9-10-33-22(17)12-18/h3-10,12,19-20H,11,14-15H2,1-2H3,(H,27,31). The second kappa shape index (κ2) is 9.43. The Morgan fingerprint density at radius 1 is 1.21 bits per heavy atom. The Balaban J connectivity index is 1.40. The molecule has 1 saturated heterocycles. The van der Waals surface area contributed by atoms with E-state index in [-0.39, 0.29) is 37.2 Å². The van der Waals surface area contributed by atoms with Crippen molar-refractivity contribution in [2.75, 3.05) is 25.5 Å². The van der Waals surface area contributed by atoms with E-state index in [0.29, 0.717) is 11.3 Å². The quantitative estimate of drug-likeness (QED) is 0.629. The molecule has 1 aromatic heterocycles. The molecule has 2 aromatic carbocycles. The van der Waals surface area contributed by atoms with Crippen LogP contribution >= 0.6 is 11.3 Å². The molecule has 4 rings (SSSR count). The number of carbonyl (C=O) groups is 3. The summed E-state index contributed by atoms with van der Waals surface area (Å²) in [4.78, 5) is 41.4. The van der Waals surface area contributed by atoms with E-state index in [1.54, 1.807) is 24.5 Å². The highest BCUT2D eigenvalue weighted by Crippen LogP contribution is 2.26. The van der Waals surface area contributed by atoms with Crippen LogP contribution in [0.3, 0.4) is 0 Å². The van der Waals surface area contributed by atoms with E-state index in [2.05, 4.69) is 11.4 Å². The Labute approximate surface area is 196 Å². The van der Waals surface area contributed by atoms with Gasteiger partial charge >= 0.3 is 0 Å². The summed E-state index contributed by atoms with van der Waals surface area (Å²) in [6, 6.07) is 16.3. The smallest absolute Gasteiger partial charge is 0.254 e. The van der Waals surface area contributed by atoms with Gasteiger partial charge in [-0.15, -0.1) is 11.3 Å². The Morgan fingerprint density at radius 3 is 2.76 bits per heavy atom. The summed E-state index contributed by atoms with van der Waals surface area (Å²) in [6.45, 7) is 1.89. The molecule has 0 spiro atoms. The molecule has 1 fully saturated rings. The maximum Gasteiger partial charge on any atom is 0.254 e. The van der Waals surface area contributed by atoms with Gasteiger partial charge in [0, 0.05) is 29.5 Å². The molecule has 8 heteroatoms. The molecule has 0 saturated carbocycles. The van der Waals surface area contributed by atoms with E-state index < -0.39 is 12.0 Å². The summed E-state index contributed by atoms with van der Waals surface area (Å²) in [7, 11) is 1.57. The molecule has 3 amide bonds. The minimum atomic E-state index is -0.698. The first-order valence-electron chi connectivity index (χ1n) is 10.7. The van der Waals surface area contributed by atoms with Crippen LogP contribution in [-0.2, 0) is 9.59 Å². The molecule has 33 heavy (non-hydrogen) atoms. The van der Waals surface area contributed by atoms with E-state index in [9.17, 15) is 19.6 Å². The number of aryl methyl sites for hydroxylation is 1. The molecule has 2 heterocycles. The number of fused-ring (bicyclic) bond motifs is 1. The average molecular weight is 461 g/mol. The monoisotopic (exact) mass is 460 g/mol. The zero-order valence-electron chi connectivity index (χ0n) is 18.4. The molecule has 1 aliphatic heterocycles. The van der Waals surface area contributed by atoms with Gasteiger partial charge in [0.15, 0.2) is 0 Å². The Morgan fingerprint density at radius 2 is 2.00 bits per heavy atom. The topological polar surface area (TPSA) is 93.5 Å². The number of nitrogens with zero attached hydrogens (tertiary/aromatic N) is 3. The number of likely N-dealkylation sites (tertiary alicyclic amines) is 1. The SMILES string of the molecule is Cc1ccccc1NC(=O)C1CC(C#N)N(C(=O)CN(C)C(=O)c2ccc3ccsc3c2)C1. The van der Waals surface area contributed by atoms with Crippen LogP contribution in [0.4, 0.5) is 5.69 Å². The zero-order valence-corrected chi connectivity index (χ0v) is 19.3. The summed E-state index contributed by atoms with van der Waals surface area (Å²) in [5.41, 5.74) is 2.16. The number of hydrogen-bond acceptors (Lipinski definition) is 5. The first kappa shape index (κ1) is 22.5. The summed E-state index contributed by atoms with van der Waals surface area (Å²) in [6.07, 6.45) is 0.270. The molecule has 1 N–H and O–H groups in total. The van der Waals surface area contributed by atoms with Gasteiger partial charge in [0.05, 0.1) is 18.5 Å². The molecule has 0 aliphatic carbocycles. The number of thiophene rings is 1. The molecule has 0 bridgehead atoms. The maximum absolute atomic E-state index is 13.0. The van der Waals surface area contributed by atoms with Crippen molar-refractivity contribution < 1.29 is 14.4 Å². The summed E-state index contributed by atoms with van der Waals surface area (Å²) >= 11 is 1.55. The number of para-hydroxylation sites is 1. The van der Waals surface area contributed by atoms with Crippen molar-refractivity contribution in [2.45, 2.75) is 19.4 Å². The van der Waals surface area contributed by atoms with Gasteiger partial charge in [-0.1, -0.05) is 24.3 Å². The number of likely N-dealkylation sites (N-methyl/N-ethyl adjacent to an activating group) is 1. The minimum Gasteiger partial charge on any atom is -0.332 e. The van der Waals surface area contributed by atoms with Crippen molar-refractivity contribution in [2.24, 2.45) is 5.92 Å². The van der Waals surface area contributed by atoms with E-state index in [0.717, 1.165) is 15.6 Å². The third-order valence-corrected chi connectivity index (χ3v) is 6.85. The third kappa shape index (κ3) is 4.73. The van der Waals surface area contributed by atoms with Gasteiger partial charge in [0.25, 0.3) is 5.91 Å². The predicted molar refractivity (Wildman–Crippen MR) is 128 cm³/mol. The summed E-state index contributed by atoms with van der Waals surface area (Å²) in [5.74, 6) is -1.31. The maximum atomic E-state index is 13.0. The van der Waals surface area contributed by atoms with E-state index >= 15 is 0 Å². The van der Waals surface area contributed by atoms with Gasteiger partial charge in [0.2, 0.25) is 11.8 Å². The van der Waals surface area contributed by atoms with Gasteiger partial charge < -0.3 is 15.1 Å². The summed E-state index contributed by atoms with van der Waals surface area (Å²) < 4.78 is 1.01. The first-order valence-corrected chi connectivity index (χ1v) is 11.5. The van der Waals surface area contributed by atoms with Gasteiger partial charge in [-0.2, -0.15) is 5.26 Å². The number of carbonyl (C=O) groups excluding carboxylic acids is 3. The lowest BCUT2D eigenvalue weighted by molar-refractivity contribution is -0.131. The van der Waals surface area contributed by atoms with Crippen LogP contribution in [0.5, 0.6) is 0 Å². The van der Waals surface area contributed by atoms with Gasteiger partial charge in [0.1, 0.15) is 6.04 Å². The van der Waals surface area contributed by atoms with Gasteiger partial charge in [-0.05, 0) is 53.9 Å². The zero-order chi connectivity index (χ0) is 23.5. The number of rotatable bonds is 5. The molecule has 2 atom stereocenters. The van der Waals surface area contributed by atoms with E-state index in [1.165, 1.54) is 9.80 Å². The van der Waals surface area contributed by atoms with Crippen LogP contribution in [0.2, 0.25) is 0 Å². The third-order valence-electron chi connectivity index (χ3n) is 5.97. The molecular formula is C25H24N4O3S. The Kier molecular flexibility index (Phi) is 6.43. The first-order chi connectivity index (χ1) is 15.9. The van der Waals surface area contributed by atoms with Crippen molar-refractivity contribution in [1.82, 2.24) is 9.80 Å². The second-order valence-electron chi connectivity index (χ2n) is 8.26. The number of anilines is 1. The average Bonchev–Trinajstić information content (AvgIpc) is 3.46. The van der Waals surface area contributed by atoms with Crippen LogP contribution in [0, 0.1) is 24.2 Å². The second-order valence-corrected chi connectivity index (χ2v) is 9.21. The normalized spacial score (nSPS) is 17.5. The number of nitrogens with one attached hydrogen (secondary N) is 1. The fourth-order valence-corrected chi connectivity index (χ4v) is 4.87. The van der Waals surface area contributed by atoms with E-state index in [4.69, 9.17) is 0 Å². The lowest BCUT2D eigenvalue weighted by atomic mass is 10.0. The molecular weight excluding hydrogens is 436 g/mol. The predicted octanol–water partition coefficient (Wildman–Crippen LogP) is 3.66. The van der Waals surface area contributed by atoms with Crippen molar-refractivity contribution >= 4 is 44.8 Å².